The molecule has 0 radical (unpaired) electrons. The Kier molecular flexibility index (Phi) is 25.0. The summed E-state index contributed by atoms with van der Waals surface area (Å²) in [6, 6.07) is 7.46. The second-order valence-corrected chi connectivity index (χ2v) is 32.6. The first-order valence-electron chi connectivity index (χ1n) is 28.7. The van der Waals surface area contributed by atoms with Crippen LogP contribution in [0.2, 0.25) is 0 Å². The quantitative estimate of drug-likeness (QED) is 0.0195. The second kappa shape index (κ2) is 32.6. The number of benzene rings is 6. The molecule has 0 bridgehead atoms. The molecule has 632 valence electrons. The van der Waals surface area contributed by atoms with Gasteiger partial charge in [-0.15, -0.1) is 0 Å². The van der Waals surface area contributed by atoms with Gasteiger partial charge in [0.25, 0.3) is 0 Å². The maximum absolute atomic E-state index is 14.6. The zero-order valence-electron chi connectivity index (χ0n) is 54.9. The average molecular weight is 1870 g/mol. The number of rotatable bonds is 37. The van der Waals surface area contributed by atoms with Gasteiger partial charge in [0.15, 0.2) is 69.0 Å². The fraction of sp³-hybridized carbons (Fsp3) is 0.118. The SMILES string of the molecule is O=c1c(OS(=O)(=O)O)c(-c2ccc(OS(=O)(=O)O)c(OS(=O)(=O)O)c2)oc2cc(OS(=O)(=O)O)cc(OCCCOc3cc(-c4oc5cc(OS(=O)(=O)O)cc(OCCCOc6cc(OS(=O)(=O)O)cc7oc(-c8ccc(OS(=O)(=O)O)c(OS(=O)(=O)O)c8)c(OS(=O)(=O)O)c(=O)c67)c5c(=O)c4OS(=O)(=O)O)ccc3OS(=O)(=O)O)c12. The van der Waals surface area contributed by atoms with Crippen molar-refractivity contribution in [3.8, 4) is 120 Å². The van der Waals surface area contributed by atoms with Crippen LogP contribution < -0.4 is 81.2 Å². The number of ether oxygens (including phenoxy) is 4. The minimum Gasteiger partial charge on any atom is -0.492 e. The van der Waals surface area contributed by atoms with Crippen LogP contribution in [0.4, 0.5) is 0 Å². The van der Waals surface area contributed by atoms with Crippen LogP contribution in [-0.4, -0.2) is 169 Å². The first-order valence-corrected chi connectivity index (χ1v) is 43.8. The number of hydrogen-bond acceptors (Lipinski definition) is 43. The molecule has 0 amide bonds. The summed E-state index contributed by atoms with van der Waals surface area (Å²) in [7, 11) is -62.5. The third-order valence-electron chi connectivity index (χ3n) is 13.0. The van der Waals surface area contributed by atoms with Gasteiger partial charge in [0.05, 0.1) is 26.4 Å². The van der Waals surface area contributed by atoms with E-state index in [4.69, 9.17) is 32.2 Å². The van der Waals surface area contributed by atoms with Crippen LogP contribution in [0.3, 0.4) is 0 Å². The molecule has 3 heterocycles. The van der Waals surface area contributed by atoms with E-state index in [1.54, 1.807) is 0 Å². The summed E-state index contributed by atoms with van der Waals surface area (Å²) in [5.41, 5.74) is -10.6. The fourth-order valence-corrected chi connectivity index (χ4v) is 13.4. The lowest BCUT2D eigenvalue weighted by molar-refractivity contribution is 0.244. The first kappa shape index (κ1) is 88.9. The van der Waals surface area contributed by atoms with Gasteiger partial charge in [0.2, 0.25) is 33.5 Å². The van der Waals surface area contributed by atoms with Gasteiger partial charge in [-0.1, -0.05) is 0 Å². The molecule has 0 atom stereocenters. The lowest BCUT2D eigenvalue weighted by Gasteiger charge is -2.16. The smallest absolute Gasteiger partial charge is 0.446 e. The monoisotopic (exact) mass is 1870 g/mol. The van der Waals surface area contributed by atoms with Crippen molar-refractivity contribution in [3.05, 3.63) is 122 Å². The van der Waals surface area contributed by atoms with E-state index in [-0.39, 0.29) is 0 Å². The average Bonchev–Trinajstić information content (AvgIpc) is 0.759. The summed E-state index contributed by atoms with van der Waals surface area (Å²) in [6.07, 6.45) is -1.25. The lowest BCUT2D eigenvalue weighted by Crippen LogP contribution is -2.17. The van der Waals surface area contributed by atoms with Gasteiger partial charge in [-0.05, 0) is 54.6 Å². The molecule has 65 heteroatoms. The van der Waals surface area contributed by atoms with Gasteiger partial charge >= 0.3 is 114 Å². The zero-order valence-corrected chi connectivity index (χ0v) is 63.8. The van der Waals surface area contributed by atoms with Crippen LogP contribution in [-0.2, 0) is 114 Å². The molecule has 116 heavy (non-hydrogen) atoms. The minimum atomic E-state index is -5.94. The van der Waals surface area contributed by atoms with E-state index < -0.39 is 323 Å². The molecule has 0 aliphatic carbocycles. The van der Waals surface area contributed by atoms with Crippen LogP contribution in [0.15, 0.2) is 119 Å². The molecular weight excluding hydrogens is 1830 g/mol. The third-order valence-corrected chi connectivity index (χ3v) is 17.3. The van der Waals surface area contributed by atoms with Gasteiger partial charge in [0.1, 0.15) is 50.2 Å². The number of fused-ring (bicyclic) bond motifs is 3. The summed E-state index contributed by atoms with van der Waals surface area (Å²) in [5.74, 6) is -21.7. The van der Waals surface area contributed by atoms with Crippen molar-refractivity contribution < 1.29 is 221 Å². The Morgan fingerprint density at radius 3 is 0.672 bits per heavy atom. The molecule has 54 nitrogen and oxygen atoms in total. The summed E-state index contributed by atoms with van der Waals surface area (Å²) in [4.78, 5) is 43.2. The molecule has 9 aromatic rings. The highest BCUT2D eigenvalue weighted by atomic mass is 32.3. The standard InChI is InChI=1S/C51H38O54S11/c52-43-40-35(90-11-2-12-91-36-18-27(97-108(61,62)63)21-39-42(36)45(54)51(105-116(85,86)87)48(94-39)24-5-8-30(100-111(70,71)72)33(15-24)102-113(76,77)78)17-25(95-106(55,56)57)19-37(40)92-46(49(43)103-114(79,80)81)22-3-6-28(98-109(64,65)66)31(13-22)88-9-1-10-89-34-16-26(96-107(58,59)60)20-38-41(34)44(53)50(104-115(82,83)84)47(93-38)23-4-7-29(99-110(67,68)69)32(14-23)101-112(73,74)75/h3-8,13-21H,1-2,9-12H2,(H,55,56,57)(H,58,59,60)(H,61,62,63)(H,64,65,66)(H,67,68,69)(H,70,71,72)(H,73,74,75)(H,76,77,78)(H,79,80,81)(H,82,83,84)(H,85,86,87). The van der Waals surface area contributed by atoms with Crippen molar-refractivity contribution >= 4 is 147 Å². The van der Waals surface area contributed by atoms with E-state index in [2.05, 4.69) is 46.0 Å². The van der Waals surface area contributed by atoms with E-state index in [1.807, 2.05) is 0 Å². The maximum Gasteiger partial charge on any atom is 0.446 e. The van der Waals surface area contributed by atoms with E-state index in [0.29, 0.717) is 91.0 Å². The highest BCUT2D eigenvalue weighted by molar-refractivity contribution is 7.83. The van der Waals surface area contributed by atoms with E-state index in [1.165, 1.54) is 0 Å². The van der Waals surface area contributed by atoms with Crippen LogP contribution in [0.1, 0.15) is 12.8 Å². The van der Waals surface area contributed by atoms with Gasteiger partial charge < -0.3 is 78.2 Å². The van der Waals surface area contributed by atoms with Gasteiger partial charge in [-0.25, -0.2) is 0 Å². The highest BCUT2D eigenvalue weighted by Crippen LogP contribution is 2.45. The van der Waals surface area contributed by atoms with E-state index in [9.17, 15) is 157 Å². The van der Waals surface area contributed by atoms with E-state index in [0.717, 1.165) is 0 Å². The molecule has 0 fully saturated rings. The maximum atomic E-state index is 14.6. The molecule has 11 N–H and O–H groups in total. The predicted octanol–water partition coefficient (Wildman–Crippen LogP) is 1.70. The van der Waals surface area contributed by atoms with Gasteiger partial charge in [-0.2, -0.15) is 92.6 Å². The highest BCUT2D eigenvalue weighted by Gasteiger charge is 2.33. The Morgan fingerprint density at radius 1 is 0.233 bits per heavy atom. The summed E-state index contributed by atoms with van der Waals surface area (Å²) < 4.78 is 455. The van der Waals surface area contributed by atoms with Crippen molar-refractivity contribution in [1.29, 1.82) is 0 Å². The molecule has 0 unspecified atom stereocenters. The number of hydrogen-bond donors (Lipinski definition) is 11. The largest absolute Gasteiger partial charge is 0.492 e. The molecule has 0 saturated carbocycles. The molecule has 0 saturated heterocycles. The molecule has 0 aliphatic rings. The zero-order chi connectivity index (χ0) is 86.4. The molecule has 9 rings (SSSR count). The van der Waals surface area contributed by atoms with Crippen molar-refractivity contribution in [3.63, 3.8) is 0 Å². The Balaban J connectivity index is 1.06. The van der Waals surface area contributed by atoms with Crippen molar-refractivity contribution in [2.75, 3.05) is 26.4 Å². The third kappa shape index (κ3) is 25.0. The topological polar surface area (TPSA) is 827 Å². The van der Waals surface area contributed by atoms with Crippen LogP contribution in [0, 0.1) is 0 Å². The Bertz CT molecular complexity index is 7080. The molecule has 3 aromatic heterocycles. The Labute approximate surface area is 645 Å². The molecular formula is C51H38O54S11. The fourth-order valence-electron chi connectivity index (χ4n) is 9.50. The summed E-state index contributed by atoms with van der Waals surface area (Å²) in [6.45, 7) is -3.51. The van der Waals surface area contributed by atoms with Crippen molar-refractivity contribution in [1.82, 2.24) is 0 Å². The molecule has 0 aliphatic heterocycles. The molecule has 6 aromatic carbocycles. The normalized spacial score (nSPS) is 12.8. The van der Waals surface area contributed by atoms with Crippen LogP contribution in [0.5, 0.6) is 86.2 Å². The van der Waals surface area contributed by atoms with Gasteiger partial charge in [-0.3, -0.25) is 64.5 Å². The van der Waals surface area contributed by atoms with Crippen LogP contribution >= 0.6 is 0 Å². The summed E-state index contributed by atoms with van der Waals surface area (Å²) in [5, 5.41) is -3.06. The second-order valence-electron chi connectivity index (χ2n) is 21.4. The van der Waals surface area contributed by atoms with Gasteiger partial charge in [0, 0.05) is 65.9 Å². The summed E-state index contributed by atoms with van der Waals surface area (Å²) >= 11 is 0. The van der Waals surface area contributed by atoms with Crippen molar-refractivity contribution in [2.45, 2.75) is 12.8 Å². The first-order chi connectivity index (χ1) is 53.0. The van der Waals surface area contributed by atoms with E-state index >= 15 is 0 Å². The predicted molar refractivity (Wildman–Crippen MR) is 369 cm³/mol. The van der Waals surface area contributed by atoms with Crippen molar-refractivity contribution in [2.24, 2.45) is 0 Å². The Hall–Kier alpha value is -11.0. The molecule has 0 spiro atoms. The van der Waals surface area contributed by atoms with Crippen LogP contribution in [0.25, 0.3) is 66.9 Å². The minimum absolute atomic E-state index is 0.315. The lowest BCUT2D eigenvalue weighted by atomic mass is 10.1. The Morgan fingerprint density at radius 2 is 0.440 bits per heavy atom.